The fraction of sp³-hybridized carbons (Fsp3) is 0.195. The van der Waals surface area contributed by atoms with Gasteiger partial charge in [-0.2, -0.15) is 6.21 Å². The SMILES string of the molecule is [2H]C([2H])([2H])c1ccc(-c2[c-]cc(C([2H])([2H])[2H])c(-c3ccccc3)c2)nc1.[2H]c1cc(C([2H])([2H])C(C)(C)C)nc([2H])c1C(/C=C(\C)c1[c-]cccc1)=C/C=[N-].[Ir+3]. The zero-order chi connectivity index (χ0) is 40.1. The molecule has 0 unspecified atom stereocenters. The maximum Gasteiger partial charge on any atom is 3.00 e. The molecule has 0 fully saturated rings. The van der Waals surface area contributed by atoms with Gasteiger partial charge in [0, 0.05) is 29.0 Å². The molecule has 0 amide bonds. The minimum Gasteiger partial charge on any atom is -0.811 e. The maximum atomic E-state index is 9.31. The molecule has 2 heterocycles. The fourth-order valence-corrected chi connectivity index (χ4v) is 4.20. The number of hydrogen-bond donors (Lipinski definition) is 0. The van der Waals surface area contributed by atoms with E-state index in [0.717, 1.165) is 22.9 Å². The molecule has 0 saturated carbocycles. The molecule has 5 aromatic rings. The average Bonchev–Trinajstić information content (AvgIpc) is 3.11. The maximum absolute atomic E-state index is 9.31. The Morgan fingerprint density at radius 2 is 1.80 bits per heavy atom. The van der Waals surface area contributed by atoms with Gasteiger partial charge in [0.25, 0.3) is 0 Å². The van der Waals surface area contributed by atoms with Crippen LogP contribution in [0.2, 0.25) is 0 Å². The topological polar surface area (TPSA) is 48.1 Å². The van der Waals surface area contributed by atoms with E-state index < -0.39 is 25.5 Å². The number of allylic oxidation sites excluding steroid dienone is 4. The van der Waals surface area contributed by atoms with E-state index in [2.05, 4.69) is 22.1 Å². The van der Waals surface area contributed by atoms with Gasteiger partial charge in [-0.1, -0.05) is 101 Å². The second-order valence-electron chi connectivity index (χ2n) is 11.0. The van der Waals surface area contributed by atoms with Gasteiger partial charge in [-0.3, -0.25) is 4.98 Å². The molecule has 0 aliphatic heterocycles. The minimum atomic E-state index is -2.27. The molecule has 0 bridgehead atoms. The van der Waals surface area contributed by atoms with Gasteiger partial charge < -0.3 is 10.4 Å². The van der Waals surface area contributed by atoms with Gasteiger partial charge in [-0.15, -0.1) is 70.8 Å². The Hall–Kier alpha value is -4.24. The molecular formula is C41H40IrN3. The third-order valence-electron chi connectivity index (χ3n) is 6.27. The fourth-order valence-electron chi connectivity index (χ4n) is 4.20. The Kier molecular flexibility index (Phi) is 8.60. The van der Waals surface area contributed by atoms with Crippen LogP contribution in [0.4, 0.5) is 0 Å². The zero-order valence-corrected chi connectivity index (χ0v) is 28.0. The molecule has 5 rings (SSSR count). The van der Waals surface area contributed by atoms with Crippen LogP contribution in [0, 0.1) is 31.3 Å². The first kappa shape index (κ1) is 23.1. The van der Waals surface area contributed by atoms with E-state index >= 15 is 0 Å². The number of aromatic nitrogens is 2. The van der Waals surface area contributed by atoms with Crippen molar-refractivity contribution in [2.24, 2.45) is 5.41 Å². The Balaban J connectivity index is 0.000000291. The normalized spacial score (nSPS) is 15.7. The molecular weight excluding hydrogens is 727 g/mol. The molecule has 3 aromatic carbocycles. The number of rotatable bonds is 7. The Morgan fingerprint density at radius 3 is 2.42 bits per heavy atom. The van der Waals surface area contributed by atoms with Crippen molar-refractivity contribution in [3.05, 3.63) is 161 Å². The van der Waals surface area contributed by atoms with Gasteiger partial charge in [-0.25, -0.2) is 0 Å². The van der Waals surface area contributed by atoms with Crippen molar-refractivity contribution in [3.63, 3.8) is 0 Å². The number of aryl methyl sites for hydroxylation is 2. The Labute approximate surface area is 297 Å². The zero-order valence-electron chi connectivity index (χ0n) is 35.6. The summed E-state index contributed by atoms with van der Waals surface area (Å²) < 4.78 is 79.0. The van der Waals surface area contributed by atoms with Gasteiger partial charge in [0.2, 0.25) is 0 Å². The van der Waals surface area contributed by atoms with Crippen LogP contribution in [0.5, 0.6) is 0 Å². The summed E-state index contributed by atoms with van der Waals surface area (Å²) in [5.41, 5.74) is 4.59. The first-order valence-corrected chi connectivity index (χ1v) is 14.1. The summed E-state index contributed by atoms with van der Waals surface area (Å²) in [6, 6.07) is 30.4. The Bertz CT molecular complexity index is 2110. The molecule has 0 atom stereocenters. The first-order chi connectivity index (χ1) is 25.1. The molecule has 4 heteroatoms. The summed E-state index contributed by atoms with van der Waals surface area (Å²) in [7, 11) is 0. The second-order valence-corrected chi connectivity index (χ2v) is 11.0. The molecule has 0 saturated heterocycles. The third kappa shape index (κ3) is 10.7. The molecule has 0 spiro atoms. The van der Waals surface area contributed by atoms with Gasteiger partial charge in [0.15, 0.2) is 0 Å². The number of hydrogen-bond acceptors (Lipinski definition) is 2. The van der Waals surface area contributed by atoms with E-state index in [1.54, 1.807) is 45.0 Å². The molecule has 0 N–H and O–H groups in total. The van der Waals surface area contributed by atoms with Crippen LogP contribution in [0.15, 0.2) is 115 Å². The molecule has 0 radical (unpaired) electrons. The van der Waals surface area contributed by atoms with E-state index in [1.807, 2.05) is 55.5 Å². The predicted octanol–water partition coefficient (Wildman–Crippen LogP) is 10.4. The molecule has 228 valence electrons. The van der Waals surface area contributed by atoms with E-state index in [9.17, 15) is 5.41 Å². The molecule has 0 aliphatic carbocycles. The van der Waals surface area contributed by atoms with Crippen LogP contribution in [0.3, 0.4) is 0 Å². The largest absolute Gasteiger partial charge is 3.00 e. The summed E-state index contributed by atoms with van der Waals surface area (Å²) >= 11 is 0. The van der Waals surface area contributed by atoms with Crippen LogP contribution in [0.1, 0.15) is 69.4 Å². The summed E-state index contributed by atoms with van der Waals surface area (Å²) in [4.78, 5) is 8.36. The van der Waals surface area contributed by atoms with Crippen molar-refractivity contribution in [2.45, 2.75) is 47.8 Å². The van der Waals surface area contributed by atoms with Crippen molar-refractivity contribution >= 4 is 17.4 Å². The van der Waals surface area contributed by atoms with Crippen molar-refractivity contribution in [2.75, 3.05) is 0 Å². The summed E-state index contributed by atoms with van der Waals surface area (Å²) in [5, 5.41) is 9.31. The van der Waals surface area contributed by atoms with Crippen molar-refractivity contribution in [1.82, 2.24) is 9.97 Å². The molecule has 45 heavy (non-hydrogen) atoms. The smallest absolute Gasteiger partial charge is 0.811 e. The average molecular weight is 777 g/mol. The van der Waals surface area contributed by atoms with E-state index in [1.165, 1.54) is 30.5 Å². The van der Waals surface area contributed by atoms with Crippen LogP contribution >= 0.6 is 0 Å². The van der Waals surface area contributed by atoms with E-state index in [-0.39, 0.29) is 54.7 Å². The quantitative estimate of drug-likeness (QED) is 0.0939. The standard InChI is InChI=1S/C22H24N2.C19H16N.Ir/c1-17(18-8-6-5-7-9-18)14-19(12-13-23)20-10-11-21(24-16-20)15-22(2,3)4;1-14-8-11-19(20-13-14)17-10-9-15(2)18(12-17)16-6-4-3-5-7-16;/h5-8,10-14,16H,15H2,1-4H3;3-9,11-13H,1-2H3;/q-2;-1;+3/b17-14+,19-12+;;/i10D,15D2,16D;1D3,2D3;. The van der Waals surface area contributed by atoms with Gasteiger partial charge in [0.05, 0.1) is 2.74 Å². The number of nitrogens with zero attached hydrogens (tertiary/aromatic N) is 3. The van der Waals surface area contributed by atoms with Crippen molar-refractivity contribution in [1.29, 1.82) is 0 Å². The molecule has 0 aliphatic rings. The Morgan fingerprint density at radius 1 is 1.00 bits per heavy atom. The van der Waals surface area contributed by atoms with Gasteiger partial charge >= 0.3 is 20.1 Å². The third-order valence-corrected chi connectivity index (χ3v) is 6.27. The van der Waals surface area contributed by atoms with Crippen LogP contribution in [0.25, 0.3) is 38.9 Å². The molecule has 3 nitrogen and oxygen atoms in total. The van der Waals surface area contributed by atoms with Crippen molar-refractivity contribution in [3.8, 4) is 22.4 Å². The van der Waals surface area contributed by atoms with Crippen molar-refractivity contribution < 1.29 is 33.8 Å². The summed E-state index contributed by atoms with van der Waals surface area (Å²) in [6.45, 7) is 2.66. The van der Waals surface area contributed by atoms with Gasteiger partial charge in [0.1, 0.15) is 0 Å². The molecule has 2 aromatic heterocycles. The van der Waals surface area contributed by atoms with Crippen LogP contribution in [-0.4, -0.2) is 16.2 Å². The monoisotopic (exact) mass is 777 g/mol. The van der Waals surface area contributed by atoms with E-state index in [0.29, 0.717) is 22.4 Å². The van der Waals surface area contributed by atoms with E-state index in [4.69, 9.17) is 13.7 Å². The second kappa shape index (κ2) is 16.7. The van der Waals surface area contributed by atoms with Gasteiger partial charge in [-0.05, 0) is 52.7 Å². The number of benzene rings is 3. The first-order valence-electron chi connectivity index (χ1n) is 19.1. The van der Waals surface area contributed by atoms with Crippen LogP contribution in [-0.2, 0) is 26.5 Å². The summed E-state index contributed by atoms with van der Waals surface area (Å²) in [5.74, 6) is 0. The minimum absolute atomic E-state index is 0. The van der Waals surface area contributed by atoms with Crippen LogP contribution < -0.4 is 0 Å². The summed E-state index contributed by atoms with van der Waals surface area (Å²) in [6.07, 6.45) is 3.33. The predicted molar refractivity (Wildman–Crippen MR) is 187 cm³/mol. The number of pyridine rings is 2.